The van der Waals surface area contributed by atoms with Gasteiger partial charge in [-0.2, -0.15) is 0 Å². The number of carbonyl (C=O) groups is 2. The Balaban J connectivity index is 1.46. The Morgan fingerprint density at radius 1 is 1.00 bits per heavy atom. The molecular weight excluding hydrogens is 491 g/mol. The van der Waals surface area contributed by atoms with Crippen molar-refractivity contribution >= 4 is 35.1 Å². The maximum atomic E-state index is 12.7. The van der Waals surface area contributed by atoms with Crippen LogP contribution >= 0.6 is 23.2 Å². The fraction of sp³-hybridized carbons (Fsp3) is 0.462. The maximum absolute atomic E-state index is 12.7. The minimum atomic E-state index is -0.419. The van der Waals surface area contributed by atoms with Gasteiger partial charge >= 0.3 is 5.97 Å². The molecule has 1 aliphatic rings. The van der Waals surface area contributed by atoms with Crippen molar-refractivity contribution in [3.8, 4) is 11.5 Å². The van der Waals surface area contributed by atoms with Gasteiger partial charge in [-0.25, -0.2) is 0 Å². The topological polar surface area (TPSA) is 77.1 Å². The molecule has 190 valence electrons. The Bertz CT molecular complexity index is 955. The van der Waals surface area contributed by atoms with Gasteiger partial charge in [0.25, 0.3) is 5.91 Å². The second-order valence-corrected chi connectivity index (χ2v) is 9.23. The van der Waals surface area contributed by atoms with Gasteiger partial charge in [-0.05, 0) is 74.3 Å². The van der Waals surface area contributed by atoms with Crippen molar-refractivity contribution < 1.29 is 23.8 Å². The van der Waals surface area contributed by atoms with Crippen LogP contribution in [-0.4, -0.2) is 61.8 Å². The van der Waals surface area contributed by atoms with Crippen LogP contribution in [0.5, 0.6) is 11.5 Å². The number of likely N-dealkylation sites (N-methyl/N-ethyl adjacent to an activating group) is 1. The molecular formula is C26H32Cl2N2O5. The number of esters is 1. The van der Waals surface area contributed by atoms with Crippen molar-refractivity contribution in [2.45, 2.75) is 38.8 Å². The van der Waals surface area contributed by atoms with E-state index < -0.39 is 6.04 Å². The van der Waals surface area contributed by atoms with Gasteiger partial charge in [-0.1, -0.05) is 30.1 Å². The molecule has 7 nitrogen and oxygen atoms in total. The first-order chi connectivity index (χ1) is 16.9. The molecule has 0 bridgehead atoms. The summed E-state index contributed by atoms with van der Waals surface area (Å²) in [5.41, 5.74) is 0. The number of hydrogen-bond donors (Lipinski definition) is 1. The summed E-state index contributed by atoms with van der Waals surface area (Å²) in [5, 5.41) is 4.26. The molecule has 0 spiro atoms. The average molecular weight is 523 g/mol. The third-order valence-corrected chi connectivity index (χ3v) is 6.30. The van der Waals surface area contributed by atoms with Crippen LogP contribution < -0.4 is 14.8 Å². The van der Waals surface area contributed by atoms with E-state index in [9.17, 15) is 9.59 Å². The number of amides is 1. The van der Waals surface area contributed by atoms with Crippen LogP contribution in [0, 0.1) is 5.92 Å². The van der Waals surface area contributed by atoms with Gasteiger partial charge in [0.15, 0.2) is 6.61 Å². The standard InChI is InChI=1S/C26H32Cl2N2O5/c1-3-30(24(26(32)33-4-2)13-14-34-21-9-5-19(27)6-10-21)16-18-15-23(18)29-25(31)17-35-22-11-7-20(28)8-12-22/h5-12,18,23-24H,3-4,13-17H2,1-2H3,(H,29,31)/t18-,23?,24?/m1/s1. The quantitative estimate of drug-likeness (QED) is 0.365. The molecule has 1 N–H and O–H groups in total. The highest BCUT2D eigenvalue weighted by Crippen LogP contribution is 2.32. The number of rotatable bonds is 14. The Morgan fingerprint density at radius 2 is 1.60 bits per heavy atom. The average Bonchev–Trinajstić information content (AvgIpc) is 3.58. The van der Waals surface area contributed by atoms with Gasteiger partial charge in [0.05, 0.1) is 13.2 Å². The lowest BCUT2D eigenvalue weighted by Gasteiger charge is -2.29. The molecule has 0 aliphatic heterocycles. The van der Waals surface area contributed by atoms with Crippen LogP contribution in [0.4, 0.5) is 0 Å². The maximum Gasteiger partial charge on any atom is 0.323 e. The molecule has 1 amide bonds. The van der Waals surface area contributed by atoms with Crippen LogP contribution in [0.3, 0.4) is 0 Å². The van der Waals surface area contributed by atoms with E-state index >= 15 is 0 Å². The van der Waals surface area contributed by atoms with Gasteiger partial charge in [0.2, 0.25) is 0 Å². The number of nitrogens with one attached hydrogen (secondary N) is 1. The summed E-state index contributed by atoms with van der Waals surface area (Å²) in [6.45, 7) is 5.81. The van der Waals surface area contributed by atoms with Crippen molar-refractivity contribution in [3.63, 3.8) is 0 Å². The van der Waals surface area contributed by atoms with Crippen LogP contribution in [0.2, 0.25) is 10.0 Å². The molecule has 1 saturated carbocycles. The fourth-order valence-corrected chi connectivity index (χ4v) is 4.09. The molecule has 1 fully saturated rings. The summed E-state index contributed by atoms with van der Waals surface area (Å²) in [6, 6.07) is 13.6. The van der Waals surface area contributed by atoms with Crippen molar-refractivity contribution in [3.05, 3.63) is 58.6 Å². The highest BCUT2D eigenvalue weighted by molar-refractivity contribution is 6.30. The van der Waals surface area contributed by atoms with E-state index in [-0.39, 0.29) is 30.4 Å². The largest absolute Gasteiger partial charge is 0.494 e. The normalized spacial score (nSPS) is 17.5. The van der Waals surface area contributed by atoms with E-state index in [0.717, 1.165) is 6.42 Å². The minimum Gasteiger partial charge on any atom is -0.494 e. The fourth-order valence-electron chi connectivity index (χ4n) is 3.84. The number of carbonyl (C=O) groups excluding carboxylic acids is 2. The molecule has 35 heavy (non-hydrogen) atoms. The van der Waals surface area contributed by atoms with E-state index in [1.807, 2.05) is 6.92 Å². The number of nitrogens with zero attached hydrogens (tertiary/aromatic N) is 1. The molecule has 9 heteroatoms. The van der Waals surface area contributed by atoms with E-state index in [4.69, 9.17) is 37.4 Å². The number of halogens is 2. The Hall–Kier alpha value is -2.48. The Kier molecular flexibility index (Phi) is 10.5. The predicted octanol–water partition coefficient (Wildman–Crippen LogP) is 4.60. The van der Waals surface area contributed by atoms with Gasteiger partial charge < -0.3 is 19.5 Å². The lowest BCUT2D eigenvalue weighted by Crippen LogP contribution is -2.45. The zero-order chi connectivity index (χ0) is 25.2. The first-order valence-corrected chi connectivity index (χ1v) is 12.6. The third kappa shape index (κ3) is 8.91. The summed E-state index contributed by atoms with van der Waals surface area (Å²) in [4.78, 5) is 27.1. The summed E-state index contributed by atoms with van der Waals surface area (Å²) in [7, 11) is 0. The van der Waals surface area contributed by atoms with Crippen molar-refractivity contribution in [2.75, 3.05) is 32.9 Å². The van der Waals surface area contributed by atoms with E-state index in [1.165, 1.54) is 0 Å². The molecule has 1 aliphatic carbocycles. The highest BCUT2D eigenvalue weighted by atomic mass is 35.5. The lowest BCUT2D eigenvalue weighted by atomic mass is 10.1. The first-order valence-electron chi connectivity index (χ1n) is 11.9. The van der Waals surface area contributed by atoms with Gasteiger partial charge in [0.1, 0.15) is 17.5 Å². The molecule has 0 aromatic heterocycles. The molecule has 2 unspecified atom stereocenters. The molecule has 2 aromatic rings. The summed E-state index contributed by atoms with van der Waals surface area (Å²) < 4.78 is 16.6. The summed E-state index contributed by atoms with van der Waals surface area (Å²) in [5.74, 6) is 1.13. The predicted molar refractivity (Wildman–Crippen MR) is 136 cm³/mol. The van der Waals surface area contributed by atoms with Gasteiger partial charge in [0, 0.05) is 29.1 Å². The second-order valence-electron chi connectivity index (χ2n) is 8.36. The van der Waals surface area contributed by atoms with E-state index in [2.05, 4.69) is 10.2 Å². The molecule has 0 saturated heterocycles. The zero-order valence-electron chi connectivity index (χ0n) is 20.0. The van der Waals surface area contributed by atoms with Crippen LogP contribution in [0.15, 0.2) is 48.5 Å². The number of benzene rings is 2. The van der Waals surface area contributed by atoms with E-state index in [0.29, 0.717) is 54.3 Å². The van der Waals surface area contributed by atoms with Crippen LogP contribution in [-0.2, 0) is 14.3 Å². The summed E-state index contributed by atoms with van der Waals surface area (Å²) in [6.07, 6.45) is 1.36. The molecule has 3 rings (SSSR count). The van der Waals surface area contributed by atoms with E-state index in [1.54, 1.807) is 55.5 Å². The van der Waals surface area contributed by atoms with Crippen LogP contribution in [0.25, 0.3) is 0 Å². The SMILES string of the molecule is CCOC(=O)C(CCOc1ccc(Cl)cc1)N(CC)C[C@H]1CC1NC(=O)COc1ccc(Cl)cc1. The van der Waals surface area contributed by atoms with Crippen molar-refractivity contribution in [1.29, 1.82) is 0 Å². The zero-order valence-corrected chi connectivity index (χ0v) is 21.6. The molecule has 2 aromatic carbocycles. The van der Waals surface area contributed by atoms with Crippen molar-refractivity contribution in [2.24, 2.45) is 5.92 Å². The molecule has 3 atom stereocenters. The third-order valence-electron chi connectivity index (χ3n) is 5.80. The minimum absolute atomic E-state index is 0.0597. The number of hydrogen-bond acceptors (Lipinski definition) is 6. The lowest BCUT2D eigenvalue weighted by molar-refractivity contribution is -0.150. The Morgan fingerprint density at radius 3 is 2.17 bits per heavy atom. The molecule has 0 heterocycles. The monoisotopic (exact) mass is 522 g/mol. The van der Waals surface area contributed by atoms with Crippen molar-refractivity contribution in [1.82, 2.24) is 10.2 Å². The smallest absolute Gasteiger partial charge is 0.323 e. The second kappa shape index (κ2) is 13.6. The number of ether oxygens (including phenoxy) is 3. The molecule has 0 radical (unpaired) electrons. The van der Waals surface area contributed by atoms with Gasteiger partial charge in [-0.3, -0.25) is 14.5 Å². The Labute approximate surface area is 216 Å². The first kappa shape index (κ1) is 27.1. The van der Waals surface area contributed by atoms with Crippen LogP contribution in [0.1, 0.15) is 26.7 Å². The highest BCUT2D eigenvalue weighted by Gasteiger charge is 2.41. The van der Waals surface area contributed by atoms with Gasteiger partial charge in [-0.15, -0.1) is 0 Å². The summed E-state index contributed by atoms with van der Waals surface area (Å²) >= 11 is 11.8.